The number of hydrogen-bond acceptors (Lipinski definition) is 4. The summed E-state index contributed by atoms with van der Waals surface area (Å²) >= 11 is 12.1. The third-order valence-electron chi connectivity index (χ3n) is 3.91. The van der Waals surface area contributed by atoms with Crippen molar-refractivity contribution in [3.63, 3.8) is 0 Å². The number of carbonyl (C=O) groups is 1. The molecule has 1 aliphatic rings. The molecule has 0 saturated heterocycles. The van der Waals surface area contributed by atoms with Crippen LogP contribution in [-0.2, 0) is 11.3 Å². The van der Waals surface area contributed by atoms with E-state index in [0.29, 0.717) is 35.4 Å². The maximum Gasteiger partial charge on any atom is 0.337 e. The van der Waals surface area contributed by atoms with E-state index in [9.17, 15) is 4.79 Å². The van der Waals surface area contributed by atoms with Crippen molar-refractivity contribution in [1.29, 1.82) is 0 Å². The molecule has 0 spiro atoms. The number of benzene rings is 2. The van der Waals surface area contributed by atoms with Crippen LogP contribution in [0.1, 0.15) is 22.3 Å². The Morgan fingerprint density at radius 2 is 2.08 bits per heavy atom. The lowest BCUT2D eigenvalue weighted by Crippen LogP contribution is -2.20. The molecule has 2 aromatic carbocycles. The maximum atomic E-state index is 11.9. The maximum absolute atomic E-state index is 11.9. The number of alkyl halides is 1. The molecule has 24 heavy (non-hydrogen) atoms. The molecule has 0 fully saturated rings. The van der Waals surface area contributed by atoms with E-state index in [1.807, 2.05) is 18.2 Å². The topological polar surface area (TPSA) is 38.8 Å². The van der Waals surface area contributed by atoms with Crippen LogP contribution < -0.4 is 9.64 Å². The van der Waals surface area contributed by atoms with Crippen LogP contribution in [0.15, 0.2) is 36.4 Å². The first kappa shape index (κ1) is 16.9. The fraction of sp³-hybridized carbons (Fsp3) is 0.278. The van der Waals surface area contributed by atoms with Gasteiger partial charge in [0, 0.05) is 28.7 Å². The molecule has 126 valence electrons. The van der Waals surface area contributed by atoms with Crippen LogP contribution in [0.5, 0.6) is 5.75 Å². The lowest BCUT2D eigenvalue weighted by Gasteiger charge is -2.26. The van der Waals surface area contributed by atoms with E-state index in [1.165, 1.54) is 7.11 Å². The Morgan fingerprint density at radius 1 is 1.25 bits per heavy atom. The fourth-order valence-corrected chi connectivity index (χ4v) is 3.04. The monoisotopic (exact) mass is 365 g/mol. The Labute approximate surface area is 150 Å². The average molecular weight is 366 g/mol. The normalized spacial score (nSPS) is 12.7. The van der Waals surface area contributed by atoms with Gasteiger partial charge in [0.1, 0.15) is 12.4 Å². The first-order valence-corrected chi connectivity index (χ1v) is 8.52. The summed E-state index contributed by atoms with van der Waals surface area (Å²) in [4.78, 5) is 14.0. The molecule has 0 aliphatic carbocycles. The van der Waals surface area contributed by atoms with Gasteiger partial charge in [0.2, 0.25) is 0 Å². The van der Waals surface area contributed by atoms with Gasteiger partial charge < -0.3 is 14.4 Å². The number of methoxy groups -OCH3 is 1. The molecule has 0 unspecified atom stereocenters. The van der Waals surface area contributed by atoms with Crippen LogP contribution >= 0.6 is 23.2 Å². The Morgan fingerprint density at radius 3 is 2.83 bits per heavy atom. The number of rotatable bonds is 4. The second-order valence-corrected chi connectivity index (χ2v) is 6.24. The predicted molar refractivity (Wildman–Crippen MR) is 95.9 cm³/mol. The van der Waals surface area contributed by atoms with Crippen LogP contribution in [0.4, 0.5) is 11.4 Å². The zero-order valence-corrected chi connectivity index (χ0v) is 14.7. The average Bonchev–Trinajstić information content (AvgIpc) is 2.75. The summed E-state index contributed by atoms with van der Waals surface area (Å²) < 4.78 is 10.7. The molecule has 0 radical (unpaired) electrons. The molecular formula is C18H17Cl2NO3. The van der Waals surface area contributed by atoms with Gasteiger partial charge in [-0.1, -0.05) is 17.7 Å². The van der Waals surface area contributed by atoms with Gasteiger partial charge in [0.25, 0.3) is 0 Å². The molecule has 0 amide bonds. The molecule has 0 N–H and O–H groups in total. The Kier molecular flexibility index (Phi) is 5.17. The first-order chi connectivity index (χ1) is 11.6. The van der Waals surface area contributed by atoms with Gasteiger partial charge in [0.05, 0.1) is 18.4 Å². The SMILES string of the molecule is COC(=O)c1ccc2c(c1)N(CCCCl)c1cc(Cl)ccc1CO2. The van der Waals surface area contributed by atoms with E-state index in [4.69, 9.17) is 32.7 Å². The standard InChI is InChI=1S/C18H17Cl2NO3/c1-23-18(22)12-4-6-17-16(9-12)21(8-2-7-19)15-10-14(20)5-3-13(15)11-24-17/h3-6,9-10H,2,7-8,11H2,1H3. The van der Waals surface area contributed by atoms with Crippen molar-refractivity contribution in [2.75, 3.05) is 24.4 Å². The highest BCUT2D eigenvalue weighted by Crippen LogP contribution is 2.41. The number of halogens is 2. The first-order valence-electron chi connectivity index (χ1n) is 7.61. The molecule has 0 atom stereocenters. The number of anilines is 2. The van der Waals surface area contributed by atoms with Crippen molar-refractivity contribution in [3.05, 3.63) is 52.5 Å². The summed E-state index contributed by atoms with van der Waals surface area (Å²) in [5, 5.41) is 0.650. The van der Waals surface area contributed by atoms with Crippen LogP contribution in [0.2, 0.25) is 5.02 Å². The number of hydrogen-bond donors (Lipinski definition) is 0. The molecule has 6 heteroatoms. The van der Waals surface area contributed by atoms with Gasteiger partial charge in [-0.2, -0.15) is 0 Å². The molecule has 1 heterocycles. The summed E-state index contributed by atoms with van der Waals surface area (Å²) in [6.07, 6.45) is 0.787. The number of carbonyl (C=O) groups excluding carboxylic acids is 1. The molecular weight excluding hydrogens is 349 g/mol. The smallest absolute Gasteiger partial charge is 0.337 e. The van der Waals surface area contributed by atoms with E-state index in [0.717, 1.165) is 23.4 Å². The van der Waals surface area contributed by atoms with E-state index in [2.05, 4.69) is 4.90 Å². The molecule has 2 aromatic rings. The molecule has 3 rings (SSSR count). The zero-order chi connectivity index (χ0) is 17.1. The fourth-order valence-electron chi connectivity index (χ4n) is 2.75. The third kappa shape index (κ3) is 3.30. The summed E-state index contributed by atoms with van der Waals surface area (Å²) in [6, 6.07) is 11.0. The van der Waals surface area contributed by atoms with Crippen molar-refractivity contribution < 1.29 is 14.3 Å². The number of esters is 1. The minimum absolute atomic E-state index is 0.384. The number of fused-ring (bicyclic) bond motifs is 2. The Hall–Kier alpha value is -1.91. The minimum Gasteiger partial charge on any atom is -0.487 e. The lowest BCUT2D eigenvalue weighted by molar-refractivity contribution is 0.0600. The van der Waals surface area contributed by atoms with Crippen molar-refractivity contribution >= 4 is 40.5 Å². The van der Waals surface area contributed by atoms with Gasteiger partial charge in [0.15, 0.2) is 0 Å². The van der Waals surface area contributed by atoms with E-state index in [-0.39, 0.29) is 5.97 Å². The van der Waals surface area contributed by atoms with E-state index >= 15 is 0 Å². The molecule has 0 saturated carbocycles. The zero-order valence-electron chi connectivity index (χ0n) is 13.2. The summed E-state index contributed by atoms with van der Waals surface area (Å²) in [7, 11) is 1.37. The second-order valence-electron chi connectivity index (χ2n) is 5.43. The highest BCUT2D eigenvalue weighted by Gasteiger charge is 2.23. The molecule has 4 nitrogen and oxygen atoms in total. The van der Waals surface area contributed by atoms with Crippen LogP contribution in [0, 0.1) is 0 Å². The number of ether oxygens (including phenoxy) is 2. The highest BCUT2D eigenvalue weighted by atomic mass is 35.5. The largest absolute Gasteiger partial charge is 0.487 e. The summed E-state index contributed by atoms with van der Waals surface area (Å²) in [6.45, 7) is 1.13. The van der Waals surface area contributed by atoms with Gasteiger partial charge >= 0.3 is 5.97 Å². The predicted octanol–water partition coefficient (Wildman–Crippen LogP) is 4.79. The van der Waals surface area contributed by atoms with Crippen LogP contribution in [-0.4, -0.2) is 25.5 Å². The van der Waals surface area contributed by atoms with Gasteiger partial charge in [-0.25, -0.2) is 4.79 Å². The third-order valence-corrected chi connectivity index (χ3v) is 4.41. The van der Waals surface area contributed by atoms with Crippen molar-refractivity contribution in [3.8, 4) is 5.75 Å². The number of nitrogens with zero attached hydrogens (tertiary/aromatic N) is 1. The quantitative estimate of drug-likeness (QED) is 0.576. The van der Waals surface area contributed by atoms with Gasteiger partial charge in [-0.3, -0.25) is 0 Å². The van der Waals surface area contributed by atoms with Gasteiger partial charge in [-0.05, 0) is 36.8 Å². The van der Waals surface area contributed by atoms with Crippen molar-refractivity contribution in [2.45, 2.75) is 13.0 Å². The van der Waals surface area contributed by atoms with Crippen molar-refractivity contribution in [2.24, 2.45) is 0 Å². The van der Waals surface area contributed by atoms with Crippen LogP contribution in [0.25, 0.3) is 0 Å². The second kappa shape index (κ2) is 7.32. The summed E-state index contributed by atoms with van der Waals surface area (Å²) in [5.41, 5.74) is 3.28. The van der Waals surface area contributed by atoms with Crippen molar-refractivity contribution in [1.82, 2.24) is 0 Å². The lowest BCUT2D eigenvalue weighted by atomic mass is 10.1. The Bertz CT molecular complexity index is 764. The van der Waals surface area contributed by atoms with Gasteiger partial charge in [-0.15, -0.1) is 11.6 Å². The van der Waals surface area contributed by atoms with Crippen LogP contribution in [0.3, 0.4) is 0 Å². The molecule has 0 bridgehead atoms. The highest BCUT2D eigenvalue weighted by molar-refractivity contribution is 6.30. The molecule has 1 aliphatic heterocycles. The Balaban J connectivity index is 2.12. The van der Waals surface area contributed by atoms with E-state index in [1.54, 1.807) is 18.2 Å². The summed E-state index contributed by atoms with van der Waals surface area (Å²) in [5.74, 6) is 0.870. The minimum atomic E-state index is -0.384. The molecule has 0 aromatic heterocycles. The van der Waals surface area contributed by atoms with E-state index < -0.39 is 0 Å².